The van der Waals surface area contributed by atoms with Crippen molar-refractivity contribution in [2.75, 3.05) is 0 Å². The first kappa shape index (κ1) is 24.8. The molecule has 3 saturated carbocycles. The standard InChI is InChI=1S/C30H52O2/c1-7-8-23(19(2)3)28(32)17-20(4)25-11-12-26-24-10-9-21-18-22(31)13-15-29(21,5)27(24)14-16-30(25,26)6/h9,19-20,22-28,31-32H,7-8,10-18H2,1-6H3/t20-,22+,23-,24?,25-,26?,27?,28-,29+,30-/m1/s1. The van der Waals surface area contributed by atoms with E-state index in [1.54, 1.807) is 5.57 Å². The molecule has 0 aromatic heterocycles. The van der Waals surface area contributed by atoms with E-state index < -0.39 is 0 Å². The second-order valence-electron chi connectivity index (χ2n) is 13.4. The van der Waals surface area contributed by atoms with Crippen molar-refractivity contribution in [1.29, 1.82) is 0 Å². The van der Waals surface area contributed by atoms with E-state index in [9.17, 15) is 10.2 Å². The summed E-state index contributed by atoms with van der Waals surface area (Å²) in [5.74, 6) is 4.91. The molecule has 0 heterocycles. The SMILES string of the molecule is CCC[C@H](C(C)C)[C@H](O)C[C@@H](C)[C@H]1CCC2C3CC=C4C[C@@H](O)CC[C@]4(C)C3CC[C@@]21C. The molecule has 0 saturated heterocycles. The van der Waals surface area contributed by atoms with E-state index in [0.29, 0.717) is 28.6 Å². The number of aliphatic hydroxyl groups is 2. The lowest BCUT2D eigenvalue weighted by Crippen LogP contribution is -2.51. The van der Waals surface area contributed by atoms with Crippen LogP contribution in [0.3, 0.4) is 0 Å². The Kier molecular flexibility index (Phi) is 7.25. The minimum absolute atomic E-state index is 0.106. The Hall–Kier alpha value is -0.340. The second kappa shape index (κ2) is 9.37. The average molecular weight is 445 g/mol. The monoisotopic (exact) mass is 444 g/mol. The number of hydrogen-bond acceptors (Lipinski definition) is 2. The van der Waals surface area contributed by atoms with Gasteiger partial charge in [0.05, 0.1) is 12.2 Å². The van der Waals surface area contributed by atoms with Crippen LogP contribution in [0.15, 0.2) is 11.6 Å². The summed E-state index contributed by atoms with van der Waals surface area (Å²) in [5.41, 5.74) is 2.38. The van der Waals surface area contributed by atoms with E-state index in [0.717, 1.165) is 49.4 Å². The van der Waals surface area contributed by atoms with Gasteiger partial charge in [0.2, 0.25) is 0 Å². The zero-order chi connectivity index (χ0) is 23.3. The molecule has 0 amide bonds. The van der Waals surface area contributed by atoms with Crippen molar-refractivity contribution in [3.05, 3.63) is 11.6 Å². The Morgan fingerprint density at radius 2 is 1.78 bits per heavy atom. The zero-order valence-corrected chi connectivity index (χ0v) is 21.9. The van der Waals surface area contributed by atoms with Crippen LogP contribution in [0.4, 0.5) is 0 Å². The van der Waals surface area contributed by atoms with Crippen molar-refractivity contribution in [3.63, 3.8) is 0 Å². The van der Waals surface area contributed by atoms with E-state index in [1.165, 1.54) is 44.9 Å². The van der Waals surface area contributed by atoms with Crippen LogP contribution in [0.25, 0.3) is 0 Å². The first-order valence-corrected chi connectivity index (χ1v) is 14.2. The number of rotatable bonds is 7. The molecule has 0 aliphatic heterocycles. The van der Waals surface area contributed by atoms with Crippen molar-refractivity contribution in [2.45, 2.75) is 124 Å². The molecule has 10 atom stereocenters. The predicted octanol–water partition coefficient (Wildman–Crippen LogP) is 7.39. The zero-order valence-electron chi connectivity index (χ0n) is 21.9. The lowest BCUT2D eigenvalue weighted by molar-refractivity contribution is -0.0614. The summed E-state index contributed by atoms with van der Waals surface area (Å²) < 4.78 is 0. The van der Waals surface area contributed by atoms with Crippen molar-refractivity contribution >= 4 is 0 Å². The summed E-state index contributed by atoms with van der Waals surface area (Å²) in [4.78, 5) is 0. The van der Waals surface area contributed by atoms with Crippen molar-refractivity contribution in [2.24, 2.45) is 52.3 Å². The van der Waals surface area contributed by atoms with Gasteiger partial charge in [-0.1, -0.05) is 59.6 Å². The van der Waals surface area contributed by atoms with Crippen LogP contribution in [0.5, 0.6) is 0 Å². The van der Waals surface area contributed by atoms with Gasteiger partial charge in [0.15, 0.2) is 0 Å². The van der Waals surface area contributed by atoms with Gasteiger partial charge in [0, 0.05) is 0 Å². The van der Waals surface area contributed by atoms with Gasteiger partial charge in [-0.2, -0.15) is 0 Å². The minimum Gasteiger partial charge on any atom is -0.393 e. The number of aliphatic hydroxyl groups excluding tert-OH is 2. The molecule has 4 aliphatic carbocycles. The highest BCUT2D eigenvalue weighted by molar-refractivity contribution is 5.25. The van der Waals surface area contributed by atoms with Crippen LogP contribution in [0.1, 0.15) is 112 Å². The largest absolute Gasteiger partial charge is 0.393 e. The normalized spacial score (nSPS) is 44.3. The Balaban J connectivity index is 1.48. The maximum Gasteiger partial charge on any atom is 0.0577 e. The predicted molar refractivity (Wildman–Crippen MR) is 134 cm³/mol. The van der Waals surface area contributed by atoms with Crippen molar-refractivity contribution in [3.8, 4) is 0 Å². The summed E-state index contributed by atoms with van der Waals surface area (Å²) in [6.07, 6.45) is 15.5. The highest BCUT2D eigenvalue weighted by Gasteiger charge is 2.59. The topological polar surface area (TPSA) is 40.5 Å². The highest BCUT2D eigenvalue weighted by Crippen LogP contribution is 2.67. The summed E-state index contributed by atoms with van der Waals surface area (Å²) in [6, 6.07) is 0. The molecule has 0 spiro atoms. The van der Waals surface area contributed by atoms with Gasteiger partial charge < -0.3 is 10.2 Å². The molecular formula is C30H52O2. The van der Waals surface area contributed by atoms with E-state index in [4.69, 9.17) is 0 Å². The molecule has 2 nitrogen and oxygen atoms in total. The van der Waals surface area contributed by atoms with Gasteiger partial charge in [-0.3, -0.25) is 0 Å². The van der Waals surface area contributed by atoms with Crippen LogP contribution in [0.2, 0.25) is 0 Å². The van der Waals surface area contributed by atoms with Gasteiger partial charge in [-0.15, -0.1) is 0 Å². The van der Waals surface area contributed by atoms with E-state index in [-0.39, 0.29) is 12.2 Å². The van der Waals surface area contributed by atoms with E-state index in [2.05, 4.69) is 47.6 Å². The Bertz CT molecular complexity index is 682. The highest BCUT2D eigenvalue weighted by atomic mass is 16.3. The molecule has 4 aliphatic rings. The van der Waals surface area contributed by atoms with Crippen LogP contribution in [-0.4, -0.2) is 22.4 Å². The third-order valence-electron chi connectivity index (χ3n) is 11.4. The fourth-order valence-corrected chi connectivity index (χ4v) is 9.64. The fourth-order valence-electron chi connectivity index (χ4n) is 9.64. The van der Waals surface area contributed by atoms with Crippen molar-refractivity contribution < 1.29 is 10.2 Å². The van der Waals surface area contributed by atoms with Crippen LogP contribution in [0, 0.1) is 52.3 Å². The van der Waals surface area contributed by atoms with Gasteiger partial charge in [-0.25, -0.2) is 0 Å². The first-order chi connectivity index (χ1) is 15.1. The van der Waals surface area contributed by atoms with Crippen LogP contribution in [-0.2, 0) is 0 Å². The molecule has 3 fully saturated rings. The fraction of sp³-hybridized carbons (Fsp3) is 0.933. The molecule has 0 radical (unpaired) electrons. The average Bonchev–Trinajstić information content (AvgIpc) is 3.09. The molecule has 0 aromatic carbocycles. The molecule has 3 unspecified atom stereocenters. The molecule has 0 aromatic rings. The van der Waals surface area contributed by atoms with Crippen molar-refractivity contribution in [1.82, 2.24) is 0 Å². The van der Waals surface area contributed by atoms with Crippen LogP contribution >= 0.6 is 0 Å². The smallest absolute Gasteiger partial charge is 0.0577 e. The lowest BCUT2D eigenvalue weighted by atomic mass is 9.47. The molecular weight excluding hydrogens is 392 g/mol. The first-order valence-electron chi connectivity index (χ1n) is 14.2. The summed E-state index contributed by atoms with van der Waals surface area (Å²) in [5, 5.41) is 21.4. The molecule has 4 rings (SSSR count). The number of hydrogen-bond donors (Lipinski definition) is 2. The molecule has 0 bridgehead atoms. The quantitative estimate of drug-likeness (QED) is 0.402. The maximum atomic E-state index is 11.2. The Morgan fingerprint density at radius 1 is 1.03 bits per heavy atom. The molecule has 184 valence electrons. The number of allylic oxidation sites excluding steroid dienone is 1. The third-order valence-corrected chi connectivity index (χ3v) is 11.4. The van der Waals surface area contributed by atoms with Gasteiger partial charge in [0.1, 0.15) is 0 Å². The Morgan fingerprint density at radius 3 is 2.47 bits per heavy atom. The maximum absolute atomic E-state index is 11.2. The Labute approximate surface area is 198 Å². The second-order valence-corrected chi connectivity index (χ2v) is 13.4. The number of fused-ring (bicyclic) bond motifs is 5. The van der Waals surface area contributed by atoms with Gasteiger partial charge in [-0.05, 0) is 116 Å². The van der Waals surface area contributed by atoms with E-state index in [1.807, 2.05) is 0 Å². The minimum atomic E-state index is -0.142. The molecule has 2 N–H and O–H groups in total. The summed E-state index contributed by atoms with van der Waals surface area (Å²) >= 11 is 0. The van der Waals surface area contributed by atoms with E-state index >= 15 is 0 Å². The summed E-state index contributed by atoms with van der Waals surface area (Å²) in [6.45, 7) is 14.5. The third kappa shape index (κ3) is 4.15. The van der Waals surface area contributed by atoms with Crippen LogP contribution < -0.4 is 0 Å². The van der Waals surface area contributed by atoms with Gasteiger partial charge in [0.25, 0.3) is 0 Å². The molecule has 32 heavy (non-hydrogen) atoms. The summed E-state index contributed by atoms with van der Waals surface area (Å²) in [7, 11) is 0. The van der Waals surface area contributed by atoms with Gasteiger partial charge >= 0.3 is 0 Å². The lowest BCUT2D eigenvalue weighted by Gasteiger charge is -2.58. The molecule has 2 heteroatoms.